The first-order chi connectivity index (χ1) is 22.1. The lowest BCUT2D eigenvalue weighted by Gasteiger charge is -2.37. The lowest BCUT2D eigenvalue weighted by Crippen LogP contribution is -2.56. The largest absolute Gasteiger partial charge is 0.496 e. The van der Waals surface area contributed by atoms with E-state index in [4.69, 9.17) is 4.74 Å². The van der Waals surface area contributed by atoms with Gasteiger partial charge in [-0.1, -0.05) is 32.0 Å². The fourth-order valence-corrected chi connectivity index (χ4v) is 6.51. The predicted molar refractivity (Wildman–Crippen MR) is 176 cm³/mol. The van der Waals surface area contributed by atoms with E-state index in [-0.39, 0.29) is 29.9 Å². The highest BCUT2D eigenvalue weighted by atomic mass is 19.1. The van der Waals surface area contributed by atoms with E-state index in [0.29, 0.717) is 37.2 Å². The number of benzene rings is 3. The number of piperidine rings is 1. The molecule has 248 valence electrons. The van der Waals surface area contributed by atoms with Gasteiger partial charge >= 0.3 is 0 Å². The van der Waals surface area contributed by atoms with Gasteiger partial charge in [-0.25, -0.2) is 8.78 Å². The number of aliphatic hydroxyl groups is 1. The number of methoxy groups -OCH3 is 1. The minimum atomic E-state index is -1.06. The van der Waals surface area contributed by atoms with Crippen LogP contribution in [0.4, 0.5) is 8.78 Å². The molecule has 1 fully saturated rings. The molecule has 0 unspecified atom stereocenters. The molecule has 3 N–H and O–H groups in total. The molecule has 7 nitrogen and oxygen atoms in total. The van der Waals surface area contributed by atoms with Crippen LogP contribution >= 0.6 is 0 Å². The minimum absolute atomic E-state index is 0.00925. The number of halogens is 2. The zero-order chi connectivity index (χ0) is 33.2. The van der Waals surface area contributed by atoms with Crippen LogP contribution in [-0.2, 0) is 12.8 Å². The molecule has 1 heterocycles. The summed E-state index contributed by atoms with van der Waals surface area (Å²) in [6, 6.07) is 14.9. The maximum atomic E-state index is 14.2. The third-order valence-corrected chi connectivity index (χ3v) is 8.63. The topological polar surface area (TPSA) is 90.9 Å². The Bertz CT molecular complexity index is 1460. The van der Waals surface area contributed by atoms with E-state index in [2.05, 4.69) is 10.6 Å². The van der Waals surface area contributed by atoms with Gasteiger partial charge in [-0.05, 0) is 111 Å². The Morgan fingerprint density at radius 1 is 1.02 bits per heavy atom. The number of carbonyl (C=O) groups is 2. The Labute approximate surface area is 271 Å². The number of hydrogen-bond donors (Lipinski definition) is 3. The van der Waals surface area contributed by atoms with Crippen LogP contribution < -0.4 is 15.4 Å². The second-order valence-corrected chi connectivity index (χ2v) is 12.4. The summed E-state index contributed by atoms with van der Waals surface area (Å²) < 4.78 is 33.9. The average Bonchev–Trinajstić information content (AvgIpc) is 3.03. The molecule has 0 radical (unpaired) electrons. The molecule has 4 rings (SSSR count). The summed E-state index contributed by atoms with van der Waals surface area (Å²) in [4.78, 5) is 28.9. The van der Waals surface area contributed by atoms with Crippen LogP contribution in [0, 0.1) is 24.5 Å². The number of hydrogen-bond acceptors (Lipinski definition) is 5. The number of nitrogens with zero attached hydrogens (tertiary/aromatic N) is 1. The van der Waals surface area contributed by atoms with Gasteiger partial charge in [0.25, 0.3) is 11.8 Å². The normalized spacial score (nSPS) is 17.6. The fourth-order valence-electron chi connectivity index (χ4n) is 6.51. The number of amides is 2. The Kier molecular flexibility index (Phi) is 12.7. The molecule has 0 aliphatic carbocycles. The highest BCUT2D eigenvalue weighted by Crippen LogP contribution is 2.28. The van der Waals surface area contributed by atoms with E-state index < -0.39 is 29.7 Å². The zero-order valence-corrected chi connectivity index (χ0v) is 27.3. The molecular formula is C37H47F2N3O4. The predicted octanol–water partition coefficient (Wildman–Crippen LogP) is 5.86. The van der Waals surface area contributed by atoms with Crippen molar-refractivity contribution in [3.63, 3.8) is 0 Å². The third-order valence-electron chi connectivity index (χ3n) is 8.63. The first-order valence-corrected chi connectivity index (χ1v) is 16.3. The summed E-state index contributed by atoms with van der Waals surface area (Å²) in [5.74, 6) is -1.00. The SMILES string of the molecule is CCCN(CCC)C(=O)c1cc(C)cc(C(=O)N[C@@H](Cc2cc(F)cc(F)c2)[C@H](O)[C@H]2C[C@@H](Cc3ccccc3OC)CCN2)c1. The van der Waals surface area contributed by atoms with E-state index in [1.165, 1.54) is 12.1 Å². The van der Waals surface area contributed by atoms with Crippen molar-refractivity contribution in [2.24, 2.45) is 5.92 Å². The van der Waals surface area contributed by atoms with Crippen molar-refractivity contribution in [1.29, 1.82) is 0 Å². The Balaban J connectivity index is 1.58. The van der Waals surface area contributed by atoms with E-state index >= 15 is 0 Å². The van der Waals surface area contributed by atoms with Gasteiger partial charge in [-0.2, -0.15) is 0 Å². The molecule has 0 saturated carbocycles. The standard InChI is InChI=1S/C37H47F2N3O4/c1-5-13-42(14-6-2)37(45)29-16-24(3)15-28(22-29)36(44)41-33(21-26-18-30(38)23-31(39)19-26)35(43)32-20-25(11-12-40-32)17-27-9-7-8-10-34(27)46-4/h7-10,15-16,18-19,22-23,25,32-33,35,40,43H,5-6,11-14,17,20-21H2,1-4H3,(H,41,44)/t25-,32-,33+,35-/m1/s1. The monoisotopic (exact) mass is 635 g/mol. The lowest BCUT2D eigenvalue weighted by molar-refractivity contribution is 0.0575. The van der Waals surface area contributed by atoms with Crippen LogP contribution in [0.15, 0.2) is 60.7 Å². The third kappa shape index (κ3) is 9.36. The molecule has 1 saturated heterocycles. The average molecular weight is 636 g/mol. The second-order valence-electron chi connectivity index (χ2n) is 12.4. The van der Waals surface area contributed by atoms with E-state index in [1.54, 1.807) is 30.2 Å². The van der Waals surface area contributed by atoms with Crippen molar-refractivity contribution in [1.82, 2.24) is 15.5 Å². The van der Waals surface area contributed by atoms with Crippen LogP contribution in [0.1, 0.15) is 76.9 Å². The number of para-hydroxylation sites is 1. The summed E-state index contributed by atoms with van der Waals surface area (Å²) in [6.07, 6.45) is 2.90. The highest BCUT2D eigenvalue weighted by Gasteiger charge is 2.34. The van der Waals surface area contributed by atoms with Crippen molar-refractivity contribution >= 4 is 11.8 Å². The summed E-state index contributed by atoms with van der Waals surface area (Å²) in [7, 11) is 1.65. The van der Waals surface area contributed by atoms with Crippen molar-refractivity contribution in [2.75, 3.05) is 26.7 Å². The van der Waals surface area contributed by atoms with Gasteiger partial charge in [-0.3, -0.25) is 9.59 Å². The highest BCUT2D eigenvalue weighted by molar-refractivity contribution is 6.00. The number of aryl methyl sites for hydroxylation is 1. The molecule has 3 aromatic rings. The number of rotatable bonds is 14. The molecule has 0 bridgehead atoms. The van der Waals surface area contributed by atoms with Crippen molar-refractivity contribution in [3.8, 4) is 5.75 Å². The molecule has 4 atom stereocenters. The van der Waals surface area contributed by atoms with Crippen LogP contribution in [0.25, 0.3) is 0 Å². The van der Waals surface area contributed by atoms with Crippen LogP contribution in [0.5, 0.6) is 5.75 Å². The van der Waals surface area contributed by atoms with Gasteiger partial charge in [0.15, 0.2) is 0 Å². The molecule has 3 aromatic carbocycles. The van der Waals surface area contributed by atoms with E-state index in [0.717, 1.165) is 48.6 Å². The zero-order valence-electron chi connectivity index (χ0n) is 27.3. The quantitative estimate of drug-likeness (QED) is 0.207. The Hall–Kier alpha value is -3.82. The summed E-state index contributed by atoms with van der Waals surface area (Å²) in [5.41, 5.74) is 2.86. The fraction of sp³-hybridized carbons (Fsp3) is 0.459. The Morgan fingerprint density at radius 3 is 2.37 bits per heavy atom. The van der Waals surface area contributed by atoms with Gasteiger partial charge in [0.05, 0.1) is 19.3 Å². The molecule has 9 heteroatoms. The van der Waals surface area contributed by atoms with Crippen LogP contribution in [-0.4, -0.2) is 66.8 Å². The van der Waals surface area contributed by atoms with Gasteiger partial charge in [0, 0.05) is 36.3 Å². The molecule has 1 aliphatic rings. The lowest BCUT2D eigenvalue weighted by atomic mass is 9.83. The number of ether oxygens (including phenoxy) is 1. The molecule has 1 aliphatic heterocycles. The van der Waals surface area contributed by atoms with Gasteiger partial charge in [0.1, 0.15) is 17.4 Å². The maximum absolute atomic E-state index is 14.2. The number of nitrogens with one attached hydrogen (secondary N) is 2. The smallest absolute Gasteiger partial charge is 0.253 e. The molecular weight excluding hydrogens is 588 g/mol. The maximum Gasteiger partial charge on any atom is 0.253 e. The van der Waals surface area contributed by atoms with Crippen molar-refractivity contribution in [3.05, 3.63) is 100 Å². The van der Waals surface area contributed by atoms with Crippen LogP contribution in [0.3, 0.4) is 0 Å². The molecule has 46 heavy (non-hydrogen) atoms. The summed E-state index contributed by atoms with van der Waals surface area (Å²) in [5, 5.41) is 18.1. The van der Waals surface area contributed by atoms with Gasteiger partial charge in [-0.15, -0.1) is 0 Å². The Morgan fingerprint density at radius 2 is 1.70 bits per heavy atom. The summed E-state index contributed by atoms with van der Waals surface area (Å²) in [6.45, 7) is 7.77. The number of aliphatic hydroxyl groups excluding tert-OH is 1. The minimum Gasteiger partial charge on any atom is -0.496 e. The molecule has 0 spiro atoms. The number of carbonyl (C=O) groups excluding carboxylic acids is 2. The first-order valence-electron chi connectivity index (χ1n) is 16.3. The first kappa shape index (κ1) is 35.0. The second kappa shape index (κ2) is 16.7. The van der Waals surface area contributed by atoms with Crippen molar-refractivity contribution < 1.29 is 28.2 Å². The van der Waals surface area contributed by atoms with Gasteiger partial charge < -0.3 is 25.4 Å². The molecule has 2 amide bonds. The van der Waals surface area contributed by atoms with Crippen molar-refractivity contribution in [2.45, 2.75) is 77.5 Å². The summed E-state index contributed by atoms with van der Waals surface area (Å²) >= 11 is 0. The van der Waals surface area contributed by atoms with Crippen LogP contribution in [0.2, 0.25) is 0 Å². The van der Waals surface area contributed by atoms with E-state index in [9.17, 15) is 23.5 Å². The van der Waals surface area contributed by atoms with E-state index in [1.807, 2.05) is 45.0 Å². The molecule has 0 aromatic heterocycles. The van der Waals surface area contributed by atoms with Gasteiger partial charge in [0.2, 0.25) is 0 Å².